The van der Waals surface area contributed by atoms with E-state index in [0.29, 0.717) is 36.1 Å². The van der Waals surface area contributed by atoms with Crippen LogP contribution < -0.4 is 15.5 Å². The molecular weight excluding hydrogens is 421 g/mol. The second kappa shape index (κ2) is 10.2. The van der Waals surface area contributed by atoms with Crippen LogP contribution in [0.2, 0.25) is 5.02 Å². The largest absolute Gasteiger partial charge is 0.493 e. The van der Waals surface area contributed by atoms with Gasteiger partial charge in [0.05, 0.1) is 17.1 Å². The Hall–Kier alpha value is -3.23. The standard InChI is InChI=1S/C22H23ClFN5O2/c1-4-6-21(30)28-29(3)13-15-9-14-12-25-22(27-19(14)11-20(15)31-5-2)26-16-7-8-18(24)17(23)10-16/h4,6-12H,5,13H2,1-3H3,(H,28,30)(H,25,26,27)/b6-4+. The predicted octanol–water partition coefficient (Wildman–Crippen LogP) is 4.60. The minimum atomic E-state index is -0.493. The van der Waals surface area contributed by atoms with Crippen LogP contribution in [0.4, 0.5) is 16.0 Å². The summed E-state index contributed by atoms with van der Waals surface area (Å²) in [6.07, 6.45) is 4.82. The Kier molecular flexibility index (Phi) is 7.38. The SMILES string of the molecule is C/C=C/C(=O)NN(C)Cc1cc2cnc(Nc3ccc(F)c(Cl)c3)nc2cc1OCC. The van der Waals surface area contributed by atoms with Gasteiger partial charge in [-0.1, -0.05) is 17.7 Å². The van der Waals surface area contributed by atoms with E-state index < -0.39 is 5.82 Å². The van der Waals surface area contributed by atoms with Gasteiger partial charge in [0.2, 0.25) is 5.95 Å². The Bertz CT molecular complexity index is 1120. The van der Waals surface area contributed by atoms with E-state index in [9.17, 15) is 9.18 Å². The number of nitrogens with one attached hydrogen (secondary N) is 2. The van der Waals surface area contributed by atoms with Crippen molar-refractivity contribution in [1.82, 2.24) is 20.4 Å². The predicted molar refractivity (Wildman–Crippen MR) is 120 cm³/mol. The third kappa shape index (κ3) is 5.90. The number of amides is 1. The van der Waals surface area contributed by atoms with E-state index in [1.807, 2.05) is 19.1 Å². The van der Waals surface area contributed by atoms with Gasteiger partial charge < -0.3 is 10.1 Å². The van der Waals surface area contributed by atoms with Crippen LogP contribution in [0.3, 0.4) is 0 Å². The van der Waals surface area contributed by atoms with E-state index in [-0.39, 0.29) is 10.9 Å². The Labute approximate surface area is 184 Å². The third-order valence-corrected chi connectivity index (χ3v) is 4.55. The number of carbonyl (C=O) groups is 1. The minimum Gasteiger partial charge on any atom is -0.493 e. The van der Waals surface area contributed by atoms with Gasteiger partial charge in [-0.2, -0.15) is 0 Å². The van der Waals surface area contributed by atoms with Gasteiger partial charge in [-0.15, -0.1) is 0 Å². The Morgan fingerprint density at radius 3 is 2.84 bits per heavy atom. The summed E-state index contributed by atoms with van der Waals surface area (Å²) in [6, 6.07) is 8.06. The molecule has 2 N–H and O–H groups in total. The van der Waals surface area contributed by atoms with Crippen molar-refractivity contribution < 1.29 is 13.9 Å². The van der Waals surface area contributed by atoms with Crippen molar-refractivity contribution in [3.63, 3.8) is 0 Å². The minimum absolute atomic E-state index is 0.0136. The first-order chi connectivity index (χ1) is 14.9. The molecule has 3 rings (SSSR count). The third-order valence-electron chi connectivity index (χ3n) is 4.26. The molecule has 0 aliphatic heterocycles. The lowest BCUT2D eigenvalue weighted by molar-refractivity contribution is -0.120. The van der Waals surface area contributed by atoms with Crippen molar-refractivity contribution in [2.24, 2.45) is 0 Å². The summed E-state index contributed by atoms with van der Waals surface area (Å²) in [4.78, 5) is 20.6. The number of hydrogen-bond donors (Lipinski definition) is 2. The maximum atomic E-state index is 13.4. The molecule has 9 heteroatoms. The zero-order chi connectivity index (χ0) is 22.4. The number of halogens is 2. The van der Waals surface area contributed by atoms with Crippen LogP contribution >= 0.6 is 11.6 Å². The fraction of sp³-hybridized carbons (Fsp3) is 0.227. The van der Waals surface area contributed by atoms with E-state index in [2.05, 4.69) is 20.7 Å². The maximum absolute atomic E-state index is 13.4. The van der Waals surface area contributed by atoms with Crippen LogP contribution in [0.1, 0.15) is 19.4 Å². The Morgan fingerprint density at radius 1 is 1.32 bits per heavy atom. The molecule has 1 amide bonds. The van der Waals surface area contributed by atoms with Gasteiger partial charge in [-0.25, -0.2) is 19.4 Å². The van der Waals surface area contributed by atoms with Crippen molar-refractivity contribution in [3.8, 4) is 5.75 Å². The lowest BCUT2D eigenvalue weighted by Crippen LogP contribution is -2.37. The molecule has 3 aromatic rings. The van der Waals surface area contributed by atoms with Crippen molar-refractivity contribution in [1.29, 1.82) is 0 Å². The zero-order valence-corrected chi connectivity index (χ0v) is 18.2. The average molecular weight is 444 g/mol. The number of hydrazine groups is 1. The quantitative estimate of drug-likeness (QED) is 0.391. The number of aromatic nitrogens is 2. The van der Waals surface area contributed by atoms with Crippen LogP contribution in [-0.2, 0) is 11.3 Å². The molecule has 0 atom stereocenters. The second-order valence-electron chi connectivity index (χ2n) is 6.73. The van der Waals surface area contributed by atoms with Gasteiger partial charge in [0.25, 0.3) is 5.91 Å². The van der Waals surface area contributed by atoms with Gasteiger partial charge in [0, 0.05) is 42.5 Å². The molecule has 31 heavy (non-hydrogen) atoms. The zero-order valence-electron chi connectivity index (χ0n) is 17.4. The Balaban J connectivity index is 1.86. The number of benzene rings is 2. The highest BCUT2D eigenvalue weighted by Gasteiger charge is 2.12. The maximum Gasteiger partial charge on any atom is 0.257 e. The van der Waals surface area contributed by atoms with Crippen molar-refractivity contribution in [3.05, 3.63) is 65.1 Å². The lowest BCUT2D eigenvalue weighted by atomic mass is 10.1. The highest BCUT2D eigenvalue weighted by molar-refractivity contribution is 6.31. The lowest BCUT2D eigenvalue weighted by Gasteiger charge is -2.19. The van der Waals surface area contributed by atoms with Gasteiger partial charge >= 0.3 is 0 Å². The van der Waals surface area contributed by atoms with Crippen molar-refractivity contribution >= 4 is 40.0 Å². The molecule has 0 aliphatic carbocycles. The van der Waals surface area contributed by atoms with Crippen LogP contribution in [-0.4, -0.2) is 34.5 Å². The molecule has 0 bridgehead atoms. The number of fused-ring (bicyclic) bond motifs is 1. The summed E-state index contributed by atoms with van der Waals surface area (Å²) in [7, 11) is 1.78. The molecule has 0 spiro atoms. The number of ether oxygens (including phenoxy) is 1. The van der Waals surface area contributed by atoms with Gasteiger partial charge in [-0.05, 0) is 44.2 Å². The molecule has 0 unspecified atom stereocenters. The molecule has 0 fully saturated rings. The number of allylic oxidation sites excluding steroid dienone is 1. The molecular formula is C22H23ClFN5O2. The number of anilines is 2. The van der Waals surface area contributed by atoms with Gasteiger partial charge in [-0.3, -0.25) is 10.2 Å². The monoisotopic (exact) mass is 443 g/mol. The molecule has 0 saturated carbocycles. The van der Waals surface area contributed by atoms with E-state index in [4.69, 9.17) is 16.3 Å². The average Bonchev–Trinajstić information content (AvgIpc) is 2.71. The number of hydrogen-bond acceptors (Lipinski definition) is 6. The van der Waals surface area contributed by atoms with E-state index >= 15 is 0 Å². The summed E-state index contributed by atoms with van der Waals surface area (Å²) in [5.41, 5.74) is 4.90. The molecule has 2 aromatic carbocycles. The molecule has 0 saturated heterocycles. The molecule has 0 aliphatic rings. The van der Waals surface area contributed by atoms with Gasteiger partial charge in [0.15, 0.2) is 0 Å². The summed E-state index contributed by atoms with van der Waals surface area (Å²) >= 11 is 5.83. The normalized spacial score (nSPS) is 11.3. The smallest absolute Gasteiger partial charge is 0.257 e. The molecule has 7 nitrogen and oxygen atoms in total. The number of rotatable bonds is 8. The first-order valence-electron chi connectivity index (χ1n) is 9.68. The van der Waals surface area contributed by atoms with Crippen LogP contribution in [0, 0.1) is 5.82 Å². The molecule has 1 aromatic heterocycles. The fourth-order valence-corrected chi connectivity index (χ4v) is 3.14. The number of nitrogens with zero attached hydrogens (tertiary/aromatic N) is 3. The highest BCUT2D eigenvalue weighted by Crippen LogP contribution is 2.27. The Morgan fingerprint density at radius 2 is 2.13 bits per heavy atom. The van der Waals surface area contributed by atoms with Crippen molar-refractivity contribution in [2.75, 3.05) is 19.0 Å². The van der Waals surface area contributed by atoms with E-state index in [1.165, 1.54) is 18.2 Å². The van der Waals surface area contributed by atoms with E-state index in [1.54, 1.807) is 37.3 Å². The first kappa shape index (κ1) is 22.5. The van der Waals surface area contributed by atoms with Crippen LogP contribution in [0.15, 0.2) is 48.7 Å². The van der Waals surface area contributed by atoms with Crippen LogP contribution in [0.5, 0.6) is 5.75 Å². The second-order valence-corrected chi connectivity index (χ2v) is 7.14. The first-order valence-corrected chi connectivity index (χ1v) is 10.1. The molecule has 1 heterocycles. The summed E-state index contributed by atoms with van der Waals surface area (Å²) in [6.45, 7) is 4.60. The summed E-state index contributed by atoms with van der Waals surface area (Å²) in [5, 5.41) is 5.53. The van der Waals surface area contributed by atoms with Gasteiger partial charge in [0.1, 0.15) is 11.6 Å². The number of carbonyl (C=O) groups excluding carboxylic acids is 1. The fourth-order valence-electron chi connectivity index (χ4n) is 2.96. The molecule has 162 valence electrons. The molecule has 0 radical (unpaired) electrons. The van der Waals surface area contributed by atoms with Crippen LogP contribution in [0.25, 0.3) is 10.9 Å². The van der Waals surface area contributed by atoms with Crippen molar-refractivity contribution in [2.45, 2.75) is 20.4 Å². The topological polar surface area (TPSA) is 79.4 Å². The summed E-state index contributed by atoms with van der Waals surface area (Å²) < 4.78 is 19.2. The van der Waals surface area contributed by atoms with E-state index in [0.717, 1.165) is 10.9 Å². The summed E-state index contributed by atoms with van der Waals surface area (Å²) in [5.74, 6) is 0.314. The highest BCUT2D eigenvalue weighted by atomic mass is 35.5.